The van der Waals surface area contributed by atoms with Gasteiger partial charge in [0.05, 0.1) is 6.04 Å². The van der Waals surface area contributed by atoms with Crippen LogP contribution in [0.25, 0.3) is 0 Å². The Bertz CT molecular complexity index is 667. The van der Waals surface area contributed by atoms with Crippen molar-refractivity contribution in [1.82, 2.24) is 5.32 Å². The fourth-order valence-electron chi connectivity index (χ4n) is 2.86. The molecule has 2 aromatic rings. The van der Waals surface area contributed by atoms with E-state index in [1.807, 2.05) is 56.3 Å². The van der Waals surface area contributed by atoms with Gasteiger partial charge in [0.15, 0.2) is 6.10 Å². The first-order valence-corrected chi connectivity index (χ1v) is 9.08. The Morgan fingerprint density at radius 3 is 2.28 bits per heavy atom. The predicted octanol–water partition coefficient (Wildman–Crippen LogP) is 5.06. The molecule has 0 unspecified atom stereocenters. The Balaban J connectivity index is 2.11. The average Bonchev–Trinajstić information content (AvgIpc) is 2.60. The minimum absolute atomic E-state index is 0.00298. The van der Waals surface area contributed by atoms with Crippen LogP contribution < -0.4 is 10.1 Å². The van der Waals surface area contributed by atoms with Crippen molar-refractivity contribution in [3.05, 3.63) is 65.7 Å². The van der Waals surface area contributed by atoms with Gasteiger partial charge in [-0.15, -0.1) is 0 Å². The van der Waals surface area contributed by atoms with Crippen LogP contribution in [0, 0.1) is 12.8 Å². The minimum Gasteiger partial charge on any atom is -0.480 e. The van der Waals surface area contributed by atoms with E-state index in [1.165, 1.54) is 0 Å². The highest BCUT2D eigenvalue weighted by atomic mass is 16.5. The third kappa shape index (κ3) is 5.63. The van der Waals surface area contributed by atoms with Gasteiger partial charge < -0.3 is 10.1 Å². The normalized spacial score (nSPS) is 13.3. The van der Waals surface area contributed by atoms with Gasteiger partial charge in [0.25, 0.3) is 5.91 Å². The van der Waals surface area contributed by atoms with Crippen LogP contribution in [0.5, 0.6) is 5.75 Å². The molecule has 0 spiro atoms. The Hall–Kier alpha value is -2.29. The van der Waals surface area contributed by atoms with E-state index in [2.05, 4.69) is 31.3 Å². The third-order valence-electron chi connectivity index (χ3n) is 4.25. The van der Waals surface area contributed by atoms with Crippen LogP contribution in [0.3, 0.4) is 0 Å². The molecule has 3 heteroatoms. The largest absolute Gasteiger partial charge is 0.480 e. The maximum atomic E-state index is 12.8. The molecule has 3 nitrogen and oxygen atoms in total. The minimum atomic E-state index is -0.487. The van der Waals surface area contributed by atoms with E-state index < -0.39 is 6.10 Å². The Morgan fingerprint density at radius 2 is 1.68 bits per heavy atom. The lowest BCUT2D eigenvalue weighted by Crippen LogP contribution is -2.40. The van der Waals surface area contributed by atoms with Gasteiger partial charge in [-0.2, -0.15) is 0 Å². The summed E-state index contributed by atoms with van der Waals surface area (Å²) in [4.78, 5) is 12.8. The fraction of sp³-hybridized carbons (Fsp3) is 0.409. The summed E-state index contributed by atoms with van der Waals surface area (Å²) < 4.78 is 5.99. The summed E-state index contributed by atoms with van der Waals surface area (Å²) in [5, 5.41) is 3.19. The maximum absolute atomic E-state index is 12.8. The number of aryl methyl sites for hydroxylation is 1. The molecule has 0 aliphatic heterocycles. The molecular formula is C22H29NO2. The highest BCUT2D eigenvalue weighted by Crippen LogP contribution is 2.23. The summed E-state index contributed by atoms with van der Waals surface area (Å²) in [6, 6.07) is 17.9. The first kappa shape index (κ1) is 19.0. The van der Waals surface area contributed by atoms with E-state index in [1.54, 1.807) is 0 Å². The highest BCUT2D eigenvalue weighted by molar-refractivity contribution is 5.81. The molecule has 0 heterocycles. The van der Waals surface area contributed by atoms with Crippen molar-refractivity contribution in [2.45, 2.75) is 52.7 Å². The van der Waals surface area contributed by atoms with Gasteiger partial charge in [0, 0.05) is 0 Å². The standard InChI is InChI=1S/C22H29NO2/c1-5-20(25-21-14-10-9-11-17(21)4)22(24)23-19(15-16(2)3)18-12-7-6-8-13-18/h6-14,16,19-20H,5,15H2,1-4H3,(H,23,24)/t19-,20+/m0/s1. The second-order valence-electron chi connectivity index (χ2n) is 6.88. The third-order valence-corrected chi connectivity index (χ3v) is 4.25. The second-order valence-corrected chi connectivity index (χ2v) is 6.88. The fourth-order valence-corrected chi connectivity index (χ4v) is 2.86. The number of para-hydroxylation sites is 1. The molecule has 0 saturated carbocycles. The lowest BCUT2D eigenvalue weighted by Gasteiger charge is -2.25. The molecule has 2 rings (SSSR count). The van der Waals surface area contributed by atoms with Crippen LogP contribution >= 0.6 is 0 Å². The van der Waals surface area contributed by atoms with Crippen molar-refractivity contribution in [2.24, 2.45) is 5.92 Å². The number of hydrogen-bond acceptors (Lipinski definition) is 2. The molecular weight excluding hydrogens is 310 g/mol. The average molecular weight is 339 g/mol. The van der Waals surface area contributed by atoms with Crippen molar-refractivity contribution in [3.63, 3.8) is 0 Å². The zero-order valence-electron chi connectivity index (χ0n) is 15.7. The smallest absolute Gasteiger partial charge is 0.261 e. The van der Waals surface area contributed by atoms with Gasteiger partial charge in [-0.1, -0.05) is 69.3 Å². The van der Waals surface area contributed by atoms with E-state index >= 15 is 0 Å². The van der Waals surface area contributed by atoms with E-state index in [4.69, 9.17) is 4.74 Å². The monoisotopic (exact) mass is 339 g/mol. The summed E-state index contributed by atoms with van der Waals surface area (Å²) in [6.07, 6.45) is 1.04. The van der Waals surface area contributed by atoms with Gasteiger partial charge in [-0.05, 0) is 42.9 Å². The molecule has 1 amide bonds. The molecule has 1 N–H and O–H groups in total. The van der Waals surface area contributed by atoms with E-state index in [-0.39, 0.29) is 11.9 Å². The van der Waals surface area contributed by atoms with Crippen molar-refractivity contribution in [3.8, 4) is 5.75 Å². The van der Waals surface area contributed by atoms with Crippen LogP contribution in [-0.4, -0.2) is 12.0 Å². The Kier molecular flexibility index (Phi) is 7.05. The summed E-state index contributed by atoms with van der Waals surface area (Å²) in [6.45, 7) is 8.31. The quantitative estimate of drug-likeness (QED) is 0.730. The number of hydrogen-bond donors (Lipinski definition) is 1. The van der Waals surface area contributed by atoms with E-state index in [0.717, 1.165) is 23.3 Å². The number of rotatable bonds is 8. The van der Waals surface area contributed by atoms with Crippen molar-refractivity contribution in [2.75, 3.05) is 0 Å². The van der Waals surface area contributed by atoms with Crippen LogP contribution in [-0.2, 0) is 4.79 Å². The Labute approximate surface area is 151 Å². The Morgan fingerprint density at radius 1 is 1.04 bits per heavy atom. The summed E-state index contributed by atoms with van der Waals surface area (Å²) in [5.74, 6) is 1.20. The lowest BCUT2D eigenvalue weighted by molar-refractivity contribution is -0.129. The summed E-state index contributed by atoms with van der Waals surface area (Å²) >= 11 is 0. The molecule has 134 valence electrons. The first-order valence-electron chi connectivity index (χ1n) is 9.08. The molecule has 0 radical (unpaired) electrons. The maximum Gasteiger partial charge on any atom is 0.261 e. The van der Waals surface area contributed by atoms with Crippen LogP contribution in [0.1, 0.15) is 50.8 Å². The van der Waals surface area contributed by atoms with Gasteiger partial charge in [0.1, 0.15) is 5.75 Å². The van der Waals surface area contributed by atoms with Gasteiger partial charge >= 0.3 is 0 Å². The molecule has 25 heavy (non-hydrogen) atoms. The second kappa shape index (κ2) is 9.26. The number of carbonyl (C=O) groups excluding carboxylic acids is 1. The number of amides is 1. The number of benzene rings is 2. The van der Waals surface area contributed by atoms with Gasteiger partial charge in [0.2, 0.25) is 0 Å². The number of ether oxygens (including phenoxy) is 1. The summed E-state index contributed by atoms with van der Waals surface area (Å²) in [5.41, 5.74) is 2.17. The molecule has 0 aliphatic carbocycles. The van der Waals surface area contributed by atoms with Crippen molar-refractivity contribution in [1.29, 1.82) is 0 Å². The van der Waals surface area contributed by atoms with Crippen molar-refractivity contribution >= 4 is 5.91 Å². The zero-order valence-corrected chi connectivity index (χ0v) is 15.7. The van der Waals surface area contributed by atoms with Gasteiger partial charge in [-0.3, -0.25) is 4.79 Å². The van der Waals surface area contributed by atoms with Crippen LogP contribution in [0.4, 0.5) is 0 Å². The zero-order chi connectivity index (χ0) is 18.2. The molecule has 0 aliphatic rings. The van der Waals surface area contributed by atoms with E-state index in [9.17, 15) is 4.79 Å². The number of nitrogens with one attached hydrogen (secondary N) is 1. The van der Waals surface area contributed by atoms with Gasteiger partial charge in [-0.25, -0.2) is 0 Å². The lowest BCUT2D eigenvalue weighted by atomic mass is 9.96. The molecule has 2 atom stereocenters. The summed E-state index contributed by atoms with van der Waals surface area (Å²) in [7, 11) is 0. The SMILES string of the molecule is CC[C@@H](Oc1ccccc1C)C(=O)N[C@@H](CC(C)C)c1ccccc1. The van der Waals surface area contributed by atoms with Crippen LogP contribution in [0.15, 0.2) is 54.6 Å². The molecule has 0 aromatic heterocycles. The van der Waals surface area contributed by atoms with E-state index in [0.29, 0.717) is 12.3 Å². The highest BCUT2D eigenvalue weighted by Gasteiger charge is 2.23. The molecule has 0 bridgehead atoms. The molecule has 0 fully saturated rings. The van der Waals surface area contributed by atoms with Crippen molar-refractivity contribution < 1.29 is 9.53 Å². The number of carbonyl (C=O) groups is 1. The first-order chi connectivity index (χ1) is 12.0. The molecule has 2 aromatic carbocycles. The van der Waals surface area contributed by atoms with Crippen LogP contribution in [0.2, 0.25) is 0 Å². The molecule has 0 saturated heterocycles. The predicted molar refractivity (Wildman–Crippen MR) is 103 cm³/mol. The topological polar surface area (TPSA) is 38.3 Å².